The maximum atomic E-state index is 11.4. The number of ether oxygens (including phenoxy) is 1. The average Bonchev–Trinajstić information content (AvgIpc) is 2.97. The summed E-state index contributed by atoms with van der Waals surface area (Å²) in [5.41, 5.74) is 0.648. The molecule has 0 unspecified atom stereocenters. The van der Waals surface area contributed by atoms with E-state index in [2.05, 4.69) is 10.2 Å². The fourth-order valence-electron chi connectivity index (χ4n) is 2.46. The summed E-state index contributed by atoms with van der Waals surface area (Å²) in [6.07, 6.45) is 7.30. The topological polar surface area (TPSA) is 82.2 Å². The van der Waals surface area contributed by atoms with Gasteiger partial charge in [0.25, 0.3) is 0 Å². The number of aromatic nitrogens is 4. The quantitative estimate of drug-likeness (QED) is 0.878. The lowest BCUT2D eigenvalue weighted by molar-refractivity contribution is 0.0601. The Bertz CT molecular complexity index is 658. The molecule has 3 rings (SSSR count). The summed E-state index contributed by atoms with van der Waals surface area (Å²) in [5.74, 6) is 0.585. The highest BCUT2D eigenvalue weighted by Crippen LogP contribution is 2.17. The zero-order valence-corrected chi connectivity index (χ0v) is 11.7. The van der Waals surface area contributed by atoms with Gasteiger partial charge in [-0.15, -0.1) is 0 Å². The summed E-state index contributed by atoms with van der Waals surface area (Å²) in [5, 5.41) is 17.5. The number of aliphatic hydroxyl groups is 1. The molecule has 2 aromatic rings. The van der Waals surface area contributed by atoms with Crippen molar-refractivity contribution in [3.63, 3.8) is 0 Å². The van der Waals surface area contributed by atoms with Crippen molar-refractivity contribution in [2.75, 3.05) is 13.2 Å². The van der Waals surface area contributed by atoms with Crippen molar-refractivity contribution in [2.24, 2.45) is 5.92 Å². The third kappa shape index (κ3) is 3.20. The lowest BCUT2D eigenvalue weighted by atomic mass is 10.0. The van der Waals surface area contributed by atoms with Crippen molar-refractivity contribution in [1.29, 1.82) is 0 Å². The minimum absolute atomic E-state index is 0.134. The molecular formula is C14H18N4O3. The molecule has 1 saturated heterocycles. The van der Waals surface area contributed by atoms with E-state index < -0.39 is 0 Å². The van der Waals surface area contributed by atoms with E-state index in [9.17, 15) is 4.79 Å². The van der Waals surface area contributed by atoms with Crippen molar-refractivity contribution in [3.8, 4) is 5.69 Å². The van der Waals surface area contributed by atoms with E-state index >= 15 is 0 Å². The zero-order valence-electron chi connectivity index (χ0n) is 11.7. The molecule has 0 radical (unpaired) electrons. The van der Waals surface area contributed by atoms with Crippen LogP contribution < -0.4 is 5.43 Å². The number of hydrogen-bond donors (Lipinski definition) is 1. The molecule has 112 valence electrons. The van der Waals surface area contributed by atoms with Crippen LogP contribution in [0.15, 0.2) is 29.5 Å². The molecule has 0 aromatic carbocycles. The number of aliphatic hydroxyl groups excluding tert-OH is 1. The summed E-state index contributed by atoms with van der Waals surface area (Å²) in [6.45, 7) is 2.13. The predicted molar refractivity (Wildman–Crippen MR) is 75.1 cm³/mol. The fraction of sp³-hybridized carbons (Fsp3) is 0.500. The maximum Gasteiger partial charge on any atom is 0.205 e. The highest BCUT2D eigenvalue weighted by molar-refractivity contribution is 5.24. The van der Waals surface area contributed by atoms with Gasteiger partial charge in [-0.25, -0.2) is 4.68 Å². The molecule has 7 heteroatoms. The van der Waals surface area contributed by atoms with Gasteiger partial charge in [-0.05, 0) is 18.8 Å². The maximum absolute atomic E-state index is 11.4. The van der Waals surface area contributed by atoms with Gasteiger partial charge >= 0.3 is 0 Å². The molecule has 1 N–H and O–H groups in total. The first kappa shape index (κ1) is 14.0. The van der Waals surface area contributed by atoms with Gasteiger partial charge in [0.2, 0.25) is 5.43 Å². The normalized spacial score (nSPS) is 16.2. The minimum atomic E-state index is -0.365. The standard InChI is InChI=1S/C14H18N4O3/c19-10-13-14(20)1-4-18(16-13)12-7-15-17(9-12)8-11-2-5-21-6-3-11/h1,4,7,9,11,19H,2-3,5-6,8,10H2. The molecule has 1 fully saturated rings. The first-order valence-corrected chi connectivity index (χ1v) is 7.06. The molecule has 2 aromatic heterocycles. The van der Waals surface area contributed by atoms with Gasteiger partial charge in [0.15, 0.2) is 0 Å². The van der Waals surface area contributed by atoms with Crippen LogP contribution in [0, 0.1) is 5.92 Å². The minimum Gasteiger partial charge on any atom is -0.390 e. The molecular weight excluding hydrogens is 272 g/mol. The highest BCUT2D eigenvalue weighted by Gasteiger charge is 2.15. The molecule has 0 spiro atoms. The molecule has 0 atom stereocenters. The van der Waals surface area contributed by atoms with Crippen molar-refractivity contribution < 1.29 is 9.84 Å². The Morgan fingerprint density at radius 1 is 1.38 bits per heavy atom. The van der Waals surface area contributed by atoms with Crippen molar-refractivity contribution in [2.45, 2.75) is 26.0 Å². The summed E-state index contributed by atoms with van der Waals surface area (Å²) < 4.78 is 8.80. The monoisotopic (exact) mass is 290 g/mol. The van der Waals surface area contributed by atoms with Gasteiger partial charge < -0.3 is 9.84 Å². The van der Waals surface area contributed by atoms with E-state index in [1.165, 1.54) is 6.07 Å². The molecule has 21 heavy (non-hydrogen) atoms. The van der Waals surface area contributed by atoms with Gasteiger partial charge in [0.1, 0.15) is 11.4 Å². The molecule has 1 aliphatic rings. The molecule has 1 aliphatic heterocycles. The Balaban J connectivity index is 1.76. The van der Waals surface area contributed by atoms with E-state index in [1.54, 1.807) is 17.1 Å². The van der Waals surface area contributed by atoms with E-state index in [4.69, 9.17) is 9.84 Å². The van der Waals surface area contributed by atoms with Crippen molar-refractivity contribution in [1.82, 2.24) is 19.6 Å². The third-order valence-corrected chi connectivity index (χ3v) is 3.70. The summed E-state index contributed by atoms with van der Waals surface area (Å²) in [7, 11) is 0. The van der Waals surface area contributed by atoms with Crippen molar-refractivity contribution in [3.05, 3.63) is 40.6 Å². The Labute approximate surface area is 121 Å². The van der Waals surface area contributed by atoms with Gasteiger partial charge in [0.05, 0.1) is 19.0 Å². The molecule has 0 saturated carbocycles. The Morgan fingerprint density at radius 2 is 2.19 bits per heavy atom. The van der Waals surface area contributed by atoms with Crippen LogP contribution in [-0.4, -0.2) is 37.9 Å². The van der Waals surface area contributed by atoms with Crippen LogP contribution in [0.3, 0.4) is 0 Å². The summed E-state index contributed by atoms with van der Waals surface area (Å²) in [4.78, 5) is 11.4. The van der Waals surface area contributed by atoms with Crippen LogP contribution in [0.25, 0.3) is 5.69 Å². The predicted octanol–water partition coefficient (Wildman–Crippen LogP) is 0.348. The number of nitrogens with zero attached hydrogens (tertiary/aromatic N) is 4. The summed E-state index contributed by atoms with van der Waals surface area (Å²) >= 11 is 0. The largest absolute Gasteiger partial charge is 0.390 e. The molecule has 0 aliphatic carbocycles. The number of rotatable bonds is 4. The van der Waals surface area contributed by atoms with Gasteiger partial charge in [-0.3, -0.25) is 9.48 Å². The van der Waals surface area contributed by atoms with Crippen LogP contribution >= 0.6 is 0 Å². The van der Waals surface area contributed by atoms with Crippen LogP contribution in [0.2, 0.25) is 0 Å². The lowest BCUT2D eigenvalue weighted by Crippen LogP contribution is -2.20. The molecule has 7 nitrogen and oxygen atoms in total. The van der Waals surface area contributed by atoms with E-state index in [1.807, 2.05) is 10.9 Å². The molecule has 3 heterocycles. The Morgan fingerprint density at radius 3 is 2.95 bits per heavy atom. The van der Waals surface area contributed by atoms with Gasteiger partial charge in [-0.1, -0.05) is 0 Å². The van der Waals surface area contributed by atoms with E-state index in [-0.39, 0.29) is 17.7 Å². The number of hydrogen-bond acceptors (Lipinski definition) is 5. The van der Waals surface area contributed by atoms with Crippen molar-refractivity contribution >= 4 is 0 Å². The van der Waals surface area contributed by atoms with Gasteiger partial charge in [-0.2, -0.15) is 10.2 Å². The lowest BCUT2D eigenvalue weighted by Gasteiger charge is -2.21. The van der Waals surface area contributed by atoms with Gasteiger partial charge in [0, 0.05) is 32.0 Å². The fourth-order valence-corrected chi connectivity index (χ4v) is 2.46. The Kier molecular flexibility index (Phi) is 4.12. The second-order valence-corrected chi connectivity index (χ2v) is 5.21. The molecule has 0 bridgehead atoms. The SMILES string of the molecule is O=c1ccn(-c2cnn(CC3CCOCC3)c2)nc1CO. The highest BCUT2D eigenvalue weighted by atomic mass is 16.5. The smallest absolute Gasteiger partial charge is 0.205 e. The van der Waals surface area contributed by atoms with E-state index in [0.717, 1.165) is 38.3 Å². The second kappa shape index (κ2) is 6.19. The van der Waals surface area contributed by atoms with Crippen LogP contribution in [0.5, 0.6) is 0 Å². The van der Waals surface area contributed by atoms with Crippen LogP contribution in [-0.2, 0) is 17.9 Å². The first-order chi connectivity index (χ1) is 10.3. The van der Waals surface area contributed by atoms with Crippen LogP contribution in [0.4, 0.5) is 0 Å². The molecule has 0 amide bonds. The summed E-state index contributed by atoms with van der Waals surface area (Å²) in [6, 6.07) is 1.40. The zero-order chi connectivity index (χ0) is 14.7. The van der Waals surface area contributed by atoms with E-state index in [0.29, 0.717) is 5.92 Å². The second-order valence-electron chi connectivity index (χ2n) is 5.21. The average molecular weight is 290 g/mol. The first-order valence-electron chi connectivity index (χ1n) is 7.06. The van der Waals surface area contributed by atoms with Crippen LogP contribution in [0.1, 0.15) is 18.5 Å². The Hall–Kier alpha value is -1.99. The third-order valence-electron chi connectivity index (χ3n) is 3.70.